The molecule has 0 aliphatic carbocycles. The molecule has 0 bridgehead atoms. The first-order valence-corrected chi connectivity index (χ1v) is 10.9. The van der Waals surface area contributed by atoms with Crippen LogP contribution < -0.4 is 20.1 Å². The van der Waals surface area contributed by atoms with Crippen molar-refractivity contribution >= 4 is 23.4 Å². The zero-order chi connectivity index (χ0) is 23.1. The third-order valence-electron chi connectivity index (χ3n) is 7.19. The lowest BCUT2D eigenvalue weighted by Crippen LogP contribution is -2.54. The third kappa shape index (κ3) is 2.63. The summed E-state index contributed by atoms with van der Waals surface area (Å²) in [6, 6.07) is 10.1. The Balaban J connectivity index is 1.42. The molecule has 0 aromatic heterocycles. The highest BCUT2D eigenvalue weighted by atomic mass is 16.7. The van der Waals surface area contributed by atoms with E-state index in [2.05, 4.69) is 10.6 Å². The summed E-state index contributed by atoms with van der Waals surface area (Å²) in [6.45, 7) is 3.65. The molecule has 4 heterocycles. The van der Waals surface area contributed by atoms with Crippen molar-refractivity contribution in [1.82, 2.24) is 10.2 Å². The maximum atomic E-state index is 13.8. The van der Waals surface area contributed by atoms with E-state index in [4.69, 9.17) is 9.47 Å². The lowest BCUT2D eigenvalue weighted by atomic mass is 9.76. The number of aliphatic hydroxyl groups excluding tert-OH is 1. The summed E-state index contributed by atoms with van der Waals surface area (Å²) >= 11 is 0. The van der Waals surface area contributed by atoms with E-state index < -0.39 is 41.3 Å². The van der Waals surface area contributed by atoms with E-state index >= 15 is 0 Å². The number of carbonyl (C=O) groups excluding carboxylic acids is 3. The number of hydrogen-bond acceptors (Lipinski definition) is 7. The molecule has 2 fully saturated rings. The number of amides is 3. The molecule has 4 aliphatic rings. The molecule has 1 spiro atoms. The number of hydrogen-bond donors (Lipinski definition) is 3. The molecule has 3 N–H and O–H groups in total. The number of imide groups is 1. The monoisotopic (exact) mass is 449 g/mol. The summed E-state index contributed by atoms with van der Waals surface area (Å²) in [7, 11) is 0. The summed E-state index contributed by atoms with van der Waals surface area (Å²) in [5.74, 6) is -1.85. The Hall–Kier alpha value is -3.43. The number of aliphatic hydroxyl groups is 1. The number of ether oxygens (including phenoxy) is 2. The van der Waals surface area contributed by atoms with E-state index in [1.165, 1.54) is 4.90 Å². The molecular formula is C24H23N3O6. The molecule has 2 aromatic rings. The highest BCUT2D eigenvalue weighted by Gasteiger charge is 2.71. The van der Waals surface area contributed by atoms with Gasteiger partial charge in [-0.2, -0.15) is 0 Å². The van der Waals surface area contributed by atoms with Crippen LogP contribution >= 0.6 is 0 Å². The van der Waals surface area contributed by atoms with Crippen LogP contribution in [0, 0.1) is 18.8 Å². The Morgan fingerprint density at radius 1 is 1.12 bits per heavy atom. The summed E-state index contributed by atoms with van der Waals surface area (Å²) < 4.78 is 10.7. The number of aryl methyl sites for hydroxylation is 1. The fourth-order valence-electron chi connectivity index (χ4n) is 5.70. The van der Waals surface area contributed by atoms with Crippen LogP contribution in [-0.2, 0) is 26.5 Å². The number of fused-ring (bicyclic) bond motifs is 5. The quantitative estimate of drug-likeness (QED) is 0.599. The zero-order valence-electron chi connectivity index (χ0n) is 18.1. The van der Waals surface area contributed by atoms with Crippen molar-refractivity contribution in [3.05, 3.63) is 53.1 Å². The van der Waals surface area contributed by atoms with Crippen LogP contribution in [0.2, 0.25) is 0 Å². The second-order valence-corrected chi connectivity index (χ2v) is 9.18. The lowest BCUT2D eigenvalue weighted by Gasteiger charge is -2.30. The SMILES string of the molecule is Cc1ccc2c(c1)[C@@]1(N[C@@H]([C@@H](C)O)[C@H]3C(=O)N(Cc4ccc5c(c4)OCO5)C(=O)[C@H]31)C(=O)N2. The first-order valence-electron chi connectivity index (χ1n) is 10.9. The maximum absolute atomic E-state index is 13.8. The van der Waals surface area contributed by atoms with Crippen molar-refractivity contribution in [3.63, 3.8) is 0 Å². The lowest BCUT2D eigenvalue weighted by molar-refractivity contribution is -0.143. The van der Waals surface area contributed by atoms with Gasteiger partial charge in [-0.3, -0.25) is 24.6 Å². The molecule has 4 aliphatic heterocycles. The number of nitrogens with one attached hydrogen (secondary N) is 2. The van der Waals surface area contributed by atoms with Gasteiger partial charge in [0.15, 0.2) is 11.5 Å². The van der Waals surface area contributed by atoms with Crippen molar-refractivity contribution in [2.24, 2.45) is 11.8 Å². The van der Waals surface area contributed by atoms with Gasteiger partial charge in [-0.15, -0.1) is 0 Å². The predicted molar refractivity (Wildman–Crippen MR) is 115 cm³/mol. The van der Waals surface area contributed by atoms with Gasteiger partial charge < -0.3 is 19.9 Å². The molecule has 9 heteroatoms. The Labute approximate surface area is 189 Å². The minimum absolute atomic E-state index is 0.0478. The normalized spacial score (nSPS) is 30.1. The van der Waals surface area contributed by atoms with E-state index in [-0.39, 0.29) is 19.2 Å². The standard InChI is InChI=1S/C24H23N3O6/c1-11-3-5-15-14(7-11)24(23(31)25-15)19-18(20(26-24)12(2)28)21(29)27(22(19)30)9-13-4-6-16-17(8-13)33-10-32-16/h3-8,12,18-20,26,28H,9-10H2,1-2H3,(H,25,31)/t12-,18+,19+,20+,24+/m1/s1. The Morgan fingerprint density at radius 2 is 1.91 bits per heavy atom. The van der Waals surface area contributed by atoms with Gasteiger partial charge in [0.25, 0.3) is 0 Å². The second-order valence-electron chi connectivity index (χ2n) is 9.18. The van der Waals surface area contributed by atoms with Gasteiger partial charge in [-0.25, -0.2) is 0 Å². The molecule has 0 unspecified atom stereocenters. The highest BCUT2D eigenvalue weighted by Crippen LogP contribution is 2.53. The molecule has 3 amide bonds. The van der Waals surface area contributed by atoms with Gasteiger partial charge in [0.2, 0.25) is 24.5 Å². The molecule has 33 heavy (non-hydrogen) atoms. The molecule has 0 saturated carbocycles. The van der Waals surface area contributed by atoms with Crippen LogP contribution in [0.25, 0.3) is 0 Å². The van der Waals surface area contributed by atoms with Crippen molar-refractivity contribution in [1.29, 1.82) is 0 Å². The van der Waals surface area contributed by atoms with Crippen molar-refractivity contribution in [2.45, 2.75) is 38.1 Å². The highest BCUT2D eigenvalue weighted by molar-refractivity contribution is 6.15. The average Bonchev–Trinajstić information content (AvgIpc) is 3.51. The molecule has 5 atom stereocenters. The Kier molecular flexibility index (Phi) is 4.15. The van der Waals surface area contributed by atoms with E-state index in [0.717, 1.165) is 5.56 Å². The number of rotatable bonds is 3. The van der Waals surface area contributed by atoms with Gasteiger partial charge in [0, 0.05) is 17.3 Å². The van der Waals surface area contributed by atoms with Gasteiger partial charge in [-0.05, 0) is 37.6 Å². The number of likely N-dealkylation sites (tertiary alicyclic amines) is 1. The van der Waals surface area contributed by atoms with Gasteiger partial charge >= 0.3 is 0 Å². The molecule has 0 radical (unpaired) electrons. The topological polar surface area (TPSA) is 117 Å². The fourth-order valence-corrected chi connectivity index (χ4v) is 5.70. The van der Waals surface area contributed by atoms with Crippen molar-refractivity contribution in [3.8, 4) is 11.5 Å². The van der Waals surface area contributed by atoms with Gasteiger partial charge in [-0.1, -0.05) is 23.8 Å². The van der Waals surface area contributed by atoms with Crippen LogP contribution in [0.15, 0.2) is 36.4 Å². The first-order chi connectivity index (χ1) is 15.8. The summed E-state index contributed by atoms with van der Waals surface area (Å²) in [5, 5.41) is 16.6. The van der Waals surface area contributed by atoms with E-state index in [1.54, 1.807) is 31.2 Å². The predicted octanol–water partition coefficient (Wildman–Crippen LogP) is 1.03. The zero-order valence-corrected chi connectivity index (χ0v) is 18.1. The van der Waals surface area contributed by atoms with Crippen molar-refractivity contribution in [2.75, 3.05) is 12.1 Å². The Bertz CT molecular complexity index is 1230. The molecule has 170 valence electrons. The number of anilines is 1. The van der Waals surface area contributed by atoms with Crippen molar-refractivity contribution < 1.29 is 29.0 Å². The third-order valence-corrected chi connectivity index (χ3v) is 7.19. The summed E-state index contributed by atoms with van der Waals surface area (Å²) in [6.07, 6.45) is -0.944. The number of nitrogens with zero attached hydrogens (tertiary/aromatic N) is 1. The second kappa shape index (κ2) is 6.79. The van der Waals surface area contributed by atoms with Crippen LogP contribution in [0.1, 0.15) is 23.6 Å². The summed E-state index contributed by atoms with van der Waals surface area (Å²) in [5.41, 5.74) is 1.47. The molecule has 9 nitrogen and oxygen atoms in total. The molecule has 2 saturated heterocycles. The minimum atomic E-state index is -1.41. The number of carbonyl (C=O) groups is 3. The number of benzene rings is 2. The van der Waals surface area contributed by atoms with Crippen LogP contribution in [0.4, 0.5) is 5.69 Å². The fraction of sp³-hybridized carbons (Fsp3) is 0.375. The minimum Gasteiger partial charge on any atom is -0.454 e. The first kappa shape index (κ1) is 20.2. The average molecular weight is 449 g/mol. The van der Waals surface area contributed by atoms with E-state index in [0.29, 0.717) is 28.3 Å². The molecule has 6 rings (SSSR count). The van der Waals surface area contributed by atoms with Crippen LogP contribution in [-0.4, -0.2) is 46.7 Å². The maximum Gasteiger partial charge on any atom is 0.250 e. The summed E-state index contributed by atoms with van der Waals surface area (Å²) in [4.78, 5) is 41.9. The smallest absolute Gasteiger partial charge is 0.250 e. The van der Waals surface area contributed by atoms with Gasteiger partial charge in [0.05, 0.1) is 24.5 Å². The van der Waals surface area contributed by atoms with Crippen LogP contribution in [0.5, 0.6) is 11.5 Å². The molecular weight excluding hydrogens is 426 g/mol. The molecule has 2 aromatic carbocycles. The largest absolute Gasteiger partial charge is 0.454 e. The van der Waals surface area contributed by atoms with E-state index in [9.17, 15) is 19.5 Å². The van der Waals surface area contributed by atoms with Gasteiger partial charge in [0.1, 0.15) is 5.54 Å². The van der Waals surface area contributed by atoms with E-state index in [1.807, 2.05) is 19.1 Å². The Morgan fingerprint density at radius 3 is 2.70 bits per heavy atom. The van der Waals surface area contributed by atoms with Crippen LogP contribution in [0.3, 0.4) is 0 Å².